The van der Waals surface area contributed by atoms with Crippen LogP contribution in [-0.2, 0) is 11.2 Å². The smallest absolute Gasteiger partial charge is 0.216 e. The maximum atomic E-state index is 13.3. The summed E-state index contributed by atoms with van der Waals surface area (Å²) < 4.78 is 18.2. The Morgan fingerprint density at radius 2 is 2.27 bits per heavy atom. The third-order valence-electron chi connectivity index (χ3n) is 2.02. The fourth-order valence-corrected chi connectivity index (χ4v) is 1.24. The fourth-order valence-electron chi connectivity index (χ4n) is 1.24. The van der Waals surface area contributed by atoms with Crippen molar-refractivity contribution in [2.24, 2.45) is 0 Å². The molecule has 1 aromatic rings. The van der Waals surface area contributed by atoms with Crippen molar-refractivity contribution in [1.82, 2.24) is 5.32 Å². The van der Waals surface area contributed by atoms with Crippen molar-refractivity contribution in [3.63, 3.8) is 0 Å². The number of hydrogen-bond donors (Lipinski definition) is 1. The monoisotopic (exact) mass is 211 g/mol. The topological polar surface area (TPSA) is 38.3 Å². The van der Waals surface area contributed by atoms with Crippen molar-refractivity contribution in [3.05, 3.63) is 29.6 Å². The Bertz CT molecular complexity index is 352. The molecule has 1 aromatic carbocycles. The van der Waals surface area contributed by atoms with Gasteiger partial charge in [0.1, 0.15) is 11.6 Å². The standard InChI is InChI=1S/C11H14FNO2/c1-8(14)13-6-5-9-7-10(15-2)3-4-11(9)12/h3-4,7H,5-6H2,1-2H3,(H,13,14). The van der Waals surface area contributed by atoms with Crippen molar-refractivity contribution in [3.8, 4) is 5.75 Å². The maximum absolute atomic E-state index is 13.3. The summed E-state index contributed by atoms with van der Waals surface area (Å²) in [6.07, 6.45) is 0.461. The fraction of sp³-hybridized carbons (Fsp3) is 0.364. The minimum absolute atomic E-state index is 0.113. The number of carbonyl (C=O) groups is 1. The van der Waals surface area contributed by atoms with Gasteiger partial charge in [-0.1, -0.05) is 0 Å². The summed E-state index contributed by atoms with van der Waals surface area (Å²) in [5.41, 5.74) is 0.545. The molecule has 0 saturated heterocycles. The molecule has 0 heterocycles. The Morgan fingerprint density at radius 3 is 2.87 bits per heavy atom. The molecule has 0 radical (unpaired) electrons. The number of halogens is 1. The summed E-state index contributed by atoms with van der Waals surface area (Å²) in [7, 11) is 1.53. The van der Waals surface area contributed by atoms with Gasteiger partial charge in [-0.15, -0.1) is 0 Å². The van der Waals surface area contributed by atoms with E-state index >= 15 is 0 Å². The molecule has 0 unspecified atom stereocenters. The van der Waals surface area contributed by atoms with Gasteiger partial charge in [0.15, 0.2) is 0 Å². The van der Waals surface area contributed by atoms with E-state index in [9.17, 15) is 9.18 Å². The Balaban J connectivity index is 2.62. The van der Waals surface area contributed by atoms with Crippen LogP contribution in [0.25, 0.3) is 0 Å². The summed E-state index contributed by atoms with van der Waals surface area (Å²) in [6, 6.07) is 4.57. The van der Waals surface area contributed by atoms with E-state index < -0.39 is 0 Å². The van der Waals surface area contributed by atoms with Crippen LogP contribution in [-0.4, -0.2) is 19.6 Å². The molecule has 1 rings (SSSR count). The van der Waals surface area contributed by atoms with Crippen LogP contribution in [0.15, 0.2) is 18.2 Å². The van der Waals surface area contributed by atoms with Crippen LogP contribution in [0.2, 0.25) is 0 Å². The second-order valence-corrected chi connectivity index (χ2v) is 3.19. The zero-order chi connectivity index (χ0) is 11.3. The maximum Gasteiger partial charge on any atom is 0.216 e. The molecule has 0 atom stereocenters. The number of benzene rings is 1. The molecule has 0 fully saturated rings. The quantitative estimate of drug-likeness (QED) is 0.819. The molecule has 15 heavy (non-hydrogen) atoms. The lowest BCUT2D eigenvalue weighted by Gasteiger charge is -2.06. The van der Waals surface area contributed by atoms with Crippen molar-refractivity contribution >= 4 is 5.91 Å². The first-order valence-corrected chi connectivity index (χ1v) is 4.70. The Hall–Kier alpha value is -1.58. The van der Waals surface area contributed by atoms with Crippen LogP contribution in [0.4, 0.5) is 4.39 Å². The van der Waals surface area contributed by atoms with Gasteiger partial charge in [0.05, 0.1) is 7.11 Å². The average Bonchev–Trinajstić information content (AvgIpc) is 2.20. The molecule has 1 amide bonds. The first kappa shape index (κ1) is 11.5. The SMILES string of the molecule is COc1ccc(F)c(CCNC(C)=O)c1. The number of hydrogen-bond acceptors (Lipinski definition) is 2. The zero-order valence-corrected chi connectivity index (χ0v) is 8.84. The van der Waals surface area contributed by atoms with Gasteiger partial charge in [-0.05, 0) is 30.2 Å². The van der Waals surface area contributed by atoms with E-state index in [0.717, 1.165) is 0 Å². The van der Waals surface area contributed by atoms with Crippen LogP contribution in [0, 0.1) is 5.82 Å². The highest BCUT2D eigenvalue weighted by Gasteiger charge is 2.03. The lowest BCUT2D eigenvalue weighted by molar-refractivity contribution is -0.118. The van der Waals surface area contributed by atoms with Crippen LogP contribution >= 0.6 is 0 Å². The van der Waals surface area contributed by atoms with Crippen molar-refractivity contribution in [1.29, 1.82) is 0 Å². The average molecular weight is 211 g/mol. The van der Waals surface area contributed by atoms with Gasteiger partial charge < -0.3 is 10.1 Å². The molecule has 82 valence electrons. The molecule has 0 aliphatic rings. The molecule has 0 saturated carbocycles. The molecule has 3 nitrogen and oxygen atoms in total. The van der Waals surface area contributed by atoms with Gasteiger partial charge in [-0.25, -0.2) is 4.39 Å². The normalized spacial score (nSPS) is 9.80. The number of rotatable bonds is 4. The predicted octanol–water partition coefficient (Wildman–Crippen LogP) is 1.51. The summed E-state index contributed by atoms with van der Waals surface area (Å²) in [4.78, 5) is 10.6. The van der Waals surface area contributed by atoms with Gasteiger partial charge in [0, 0.05) is 13.5 Å². The lowest BCUT2D eigenvalue weighted by atomic mass is 10.1. The van der Waals surface area contributed by atoms with Gasteiger partial charge >= 0.3 is 0 Å². The van der Waals surface area contributed by atoms with E-state index in [2.05, 4.69) is 5.32 Å². The molecule has 4 heteroatoms. The van der Waals surface area contributed by atoms with Gasteiger partial charge in [-0.2, -0.15) is 0 Å². The Morgan fingerprint density at radius 1 is 1.53 bits per heavy atom. The van der Waals surface area contributed by atoms with E-state index in [0.29, 0.717) is 24.3 Å². The highest BCUT2D eigenvalue weighted by Crippen LogP contribution is 2.16. The van der Waals surface area contributed by atoms with Gasteiger partial charge in [0.25, 0.3) is 0 Å². The molecular formula is C11H14FNO2. The number of carbonyl (C=O) groups excluding carboxylic acids is 1. The van der Waals surface area contributed by atoms with Crippen molar-refractivity contribution in [2.75, 3.05) is 13.7 Å². The predicted molar refractivity (Wildman–Crippen MR) is 55.3 cm³/mol. The molecule has 0 aliphatic heterocycles. The number of methoxy groups -OCH3 is 1. The first-order chi connectivity index (χ1) is 7.13. The first-order valence-electron chi connectivity index (χ1n) is 4.70. The second-order valence-electron chi connectivity index (χ2n) is 3.19. The Labute approximate surface area is 88.2 Å². The van der Waals surface area contributed by atoms with Crippen molar-refractivity contribution < 1.29 is 13.9 Å². The minimum Gasteiger partial charge on any atom is -0.497 e. The zero-order valence-electron chi connectivity index (χ0n) is 8.84. The van der Waals surface area contributed by atoms with E-state index in [4.69, 9.17) is 4.74 Å². The van der Waals surface area contributed by atoms with E-state index in [1.807, 2.05) is 0 Å². The third-order valence-corrected chi connectivity index (χ3v) is 2.02. The lowest BCUT2D eigenvalue weighted by Crippen LogP contribution is -2.22. The molecule has 1 N–H and O–H groups in total. The van der Waals surface area contributed by atoms with E-state index in [1.54, 1.807) is 12.1 Å². The largest absolute Gasteiger partial charge is 0.497 e. The number of ether oxygens (including phenoxy) is 1. The minimum atomic E-state index is -0.277. The third kappa shape index (κ3) is 3.58. The molecular weight excluding hydrogens is 197 g/mol. The van der Waals surface area contributed by atoms with Gasteiger partial charge in [0.2, 0.25) is 5.91 Å². The molecule has 0 spiro atoms. The number of nitrogens with one attached hydrogen (secondary N) is 1. The van der Waals surface area contributed by atoms with Crippen molar-refractivity contribution in [2.45, 2.75) is 13.3 Å². The molecule has 0 bridgehead atoms. The van der Waals surface area contributed by atoms with Crippen LogP contribution in [0.5, 0.6) is 5.75 Å². The highest BCUT2D eigenvalue weighted by atomic mass is 19.1. The van der Waals surface area contributed by atoms with Crippen LogP contribution in [0.1, 0.15) is 12.5 Å². The highest BCUT2D eigenvalue weighted by molar-refractivity contribution is 5.72. The molecule has 0 aromatic heterocycles. The van der Waals surface area contributed by atoms with E-state index in [1.165, 1.54) is 20.1 Å². The Kier molecular flexibility index (Phi) is 4.09. The van der Waals surface area contributed by atoms with E-state index in [-0.39, 0.29) is 11.7 Å². The summed E-state index contributed by atoms with van der Waals surface area (Å²) in [5.74, 6) is 0.230. The second kappa shape index (κ2) is 5.34. The molecule has 0 aliphatic carbocycles. The number of amides is 1. The van der Waals surface area contributed by atoms with Crippen LogP contribution in [0.3, 0.4) is 0 Å². The summed E-state index contributed by atoms with van der Waals surface area (Å²) in [5, 5.41) is 2.61. The summed E-state index contributed by atoms with van der Waals surface area (Å²) in [6.45, 7) is 1.86. The van der Waals surface area contributed by atoms with Crippen LogP contribution < -0.4 is 10.1 Å². The van der Waals surface area contributed by atoms with Gasteiger partial charge in [-0.3, -0.25) is 4.79 Å². The summed E-state index contributed by atoms with van der Waals surface area (Å²) >= 11 is 0.